The average Bonchev–Trinajstić information content (AvgIpc) is 2.78. The molecule has 154 valence electrons. The number of benzene rings is 3. The van der Waals surface area contributed by atoms with E-state index < -0.39 is 18.1 Å². The van der Waals surface area contributed by atoms with Gasteiger partial charge >= 0.3 is 12.1 Å². The lowest BCUT2D eigenvalue weighted by atomic mass is 10.1. The van der Waals surface area contributed by atoms with Gasteiger partial charge in [0.15, 0.2) is 0 Å². The Kier molecular flexibility index (Phi) is 7.44. The van der Waals surface area contributed by atoms with Crippen LogP contribution < -0.4 is 5.32 Å². The molecular weight excluding hydrogens is 382 g/mol. The van der Waals surface area contributed by atoms with Crippen LogP contribution in [0.4, 0.5) is 4.79 Å². The molecule has 0 heterocycles. The number of phenols is 1. The minimum atomic E-state index is -0.929. The highest BCUT2D eigenvalue weighted by Crippen LogP contribution is 2.13. The zero-order chi connectivity index (χ0) is 21.2. The molecule has 0 aromatic heterocycles. The Bertz CT molecular complexity index is 942. The lowest BCUT2D eigenvalue weighted by molar-refractivity contribution is -0.147. The lowest BCUT2D eigenvalue weighted by Gasteiger charge is -2.18. The van der Waals surface area contributed by atoms with Crippen molar-refractivity contribution in [3.05, 3.63) is 102 Å². The standard InChI is InChI=1S/C24H23NO5/c26-21-13-11-18(12-14-21)15-22(23(27)29-16-19-7-3-1-4-8-19)25-24(28)30-17-20-9-5-2-6-10-20/h1-14,22,26H,15-17H2,(H,25,28)/t22-/m0/s1. The molecule has 0 saturated carbocycles. The highest BCUT2D eigenvalue weighted by molar-refractivity contribution is 5.81. The minimum absolute atomic E-state index is 0.0949. The number of phenolic OH excluding ortho intramolecular Hbond substituents is 1. The van der Waals surface area contributed by atoms with Crippen molar-refractivity contribution in [3.8, 4) is 5.75 Å². The van der Waals surface area contributed by atoms with Gasteiger partial charge in [0.2, 0.25) is 0 Å². The Hall–Kier alpha value is -3.80. The Morgan fingerprint density at radius 3 is 1.83 bits per heavy atom. The summed E-state index contributed by atoms with van der Waals surface area (Å²) in [5, 5.41) is 12.0. The van der Waals surface area contributed by atoms with E-state index in [0.29, 0.717) is 0 Å². The van der Waals surface area contributed by atoms with Crippen LogP contribution in [0.1, 0.15) is 16.7 Å². The van der Waals surface area contributed by atoms with Gasteiger partial charge in [-0.05, 0) is 28.8 Å². The van der Waals surface area contributed by atoms with Gasteiger partial charge in [-0.25, -0.2) is 9.59 Å². The maximum atomic E-state index is 12.7. The normalized spacial score (nSPS) is 11.3. The fourth-order valence-electron chi connectivity index (χ4n) is 2.80. The largest absolute Gasteiger partial charge is 0.508 e. The van der Waals surface area contributed by atoms with Gasteiger partial charge in [0.25, 0.3) is 0 Å². The van der Waals surface area contributed by atoms with Crippen molar-refractivity contribution in [2.45, 2.75) is 25.7 Å². The molecule has 6 nitrogen and oxygen atoms in total. The summed E-state index contributed by atoms with van der Waals surface area (Å²) in [7, 11) is 0. The van der Waals surface area contributed by atoms with Gasteiger partial charge in [-0.15, -0.1) is 0 Å². The van der Waals surface area contributed by atoms with Crippen LogP contribution in [0.25, 0.3) is 0 Å². The predicted molar refractivity (Wildman–Crippen MR) is 112 cm³/mol. The van der Waals surface area contributed by atoms with Crippen LogP contribution in [0, 0.1) is 0 Å². The van der Waals surface area contributed by atoms with Crippen molar-refractivity contribution in [2.24, 2.45) is 0 Å². The van der Waals surface area contributed by atoms with Crippen molar-refractivity contribution >= 4 is 12.1 Å². The molecule has 0 radical (unpaired) electrons. The molecule has 0 aliphatic heterocycles. The van der Waals surface area contributed by atoms with Gasteiger partial charge in [0.05, 0.1) is 0 Å². The fourth-order valence-corrected chi connectivity index (χ4v) is 2.80. The third-order valence-corrected chi connectivity index (χ3v) is 4.39. The van der Waals surface area contributed by atoms with E-state index in [1.807, 2.05) is 60.7 Å². The molecule has 0 bridgehead atoms. The first kappa shape index (κ1) is 20.9. The van der Waals surface area contributed by atoms with E-state index in [0.717, 1.165) is 16.7 Å². The number of esters is 1. The summed E-state index contributed by atoms with van der Waals surface area (Å²) in [4.78, 5) is 24.9. The van der Waals surface area contributed by atoms with E-state index in [9.17, 15) is 14.7 Å². The van der Waals surface area contributed by atoms with Gasteiger partial charge in [-0.2, -0.15) is 0 Å². The van der Waals surface area contributed by atoms with Crippen molar-refractivity contribution in [1.29, 1.82) is 0 Å². The molecule has 3 aromatic rings. The highest BCUT2D eigenvalue weighted by Gasteiger charge is 2.24. The molecule has 3 aromatic carbocycles. The number of carbonyl (C=O) groups is 2. The first-order valence-corrected chi connectivity index (χ1v) is 9.56. The molecule has 30 heavy (non-hydrogen) atoms. The summed E-state index contributed by atoms with van der Waals surface area (Å²) < 4.78 is 10.6. The maximum absolute atomic E-state index is 12.7. The average molecular weight is 405 g/mol. The smallest absolute Gasteiger partial charge is 0.408 e. The number of hydrogen-bond donors (Lipinski definition) is 2. The third kappa shape index (κ3) is 6.67. The zero-order valence-electron chi connectivity index (χ0n) is 16.4. The molecule has 0 aliphatic carbocycles. The van der Waals surface area contributed by atoms with Gasteiger partial charge < -0.3 is 19.9 Å². The quantitative estimate of drug-likeness (QED) is 0.554. The van der Waals surface area contributed by atoms with Crippen LogP contribution in [0.3, 0.4) is 0 Å². The lowest BCUT2D eigenvalue weighted by Crippen LogP contribution is -2.43. The van der Waals surface area contributed by atoms with Crippen molar-refractivity contribution in [1.82, 2.24) is 5.32 Å². The van der Waals surface area contributed by atoms with E-state index in [2.05, 4.69) is 5.32 Å². The van der Waals surface area contributed by atoms with E-state index in [-0.39, 0.29) is 25.4 Å². The Balaban J connectivity index is 1.62. The van der Waals surface area contributed by atoms with E-state index in [1.165, 1.54) is 12.1 Å². The number of carbonyl (C=O) groups excluding carboxylic acids is 2. The Labute approximate surface area is 175 Å². The molecule has 3 rings (SSSR count). The predicted octanol–water partition coefficient (Wildman–Crippen LogP) is 3.97. The molecule has 0 aliphatic rings. The number of nitrogens with one attached hydrogen (secondary N) is 1. The first-order valence-electron chi connectivity index (χ1n) is 9.56. The topological polar surface area (TPSA) is 84.9 Å². The highest BCUT2D eigenvalue weighted by atomic mass is 16.6. The summed E-state index contributed by atoms with van der Waals surface area (Å²) in [5.74, 6) is -0.444. The molecule has 1 amide bonds. The van der Waals surface area contributed by atoms with Crippen molar-refractivity contribution in [2.75, 3.05) is 0 Å². The van der Waals surface area contributed by atoms with Crippen LogP contribution in [0.15, 0.2) is 84.9 Å². The van der Waals surface area contributed by atoms with Gasteiger partial charge in [0, 0.05) is 6.42 Å². The maximum Gasteiger partial charge on any atom is 0.408 e. The van der Waals surface area contributed by atoms with Gasteiger partial charge in [0.1, 0.15) is 25.0 Å². The summed E-state index contributed by atoms with van der Waals surface area (Å²) in [6.07, 6.45) is -0.506. The van der Waals surface area contributed by atoms with E-state index in [4.69, 9.17) is 9.47 Å². The first-order chi connectivity index (χ1) is 14.6. The fraction of sp³-hybridized carbons (Fsp3) is 0.167. The minimum Gasteiger partial charge on any atom is -0.508 e. The Morgan fingerprint density at radius 2 is 1.27 bits per heavy atom. The zero-order valence-corrected chi connectivity index (χ0v) is 16.4. The van der Waals surface area contributed by atoms with Gasteiger partial charge in [-0.1, -0.05) is 72.8 Å². The van der Waals surface area contributed by atoms with E-state index >= 15 is 0 Å². The second-order valence-electron chi connectivity index (χ2n) is 6.72. The van der Waals surface area contributed by atoms with Crippen molar-refractivity contribution < 1.29 is 24.2 Å². The molecule has 0 spiro atoms. The van der Waals surface area contributed by atoms with Gasteiger partial charge in [-0.3, -0.25) is 0 Å². The third-order valence-electron chi connectivity index (χ3n) is 4.39. The number of hydrogen-bond acceptors (Lipinski definition) is 5. The molecular formula is C24H23NO5. The van der Waals surface area contributed by atoms with Crippen LogP contribution >= 0.6 is 0 Å². The molecule has 0 unspecified atom stereocenters. The van der Waals surface area contributed by atoms with Crippen molar-refractivity contribution in [3.63, 3.8) is 0 Å². The Morgan fingerprint density at radius 1 is 0.733 bits per heavy atom. The van der Waals surface area contributed by atoms with Crippen LogP contribution in [-0.4, -0.2) is 23.2 Å². The molecule has 1 atom stereocenters. The second kappa shape index (κ2) is 10.7. The molecule has 2 N–H and O–H groups in total. The number of aromatic hydroxyl groups is 1. The number of alkyl carbamates (subject to hydrolysis) is 1. The number of rotatable bonds is 8. The van der Waals surface area contributed by atoms with Crippen LogP contribution in [0.5, 0.6) is 5.75 Å². The number of ether oxygens (including phenoxy) is 2. The second-order valence-corrected chi connectivity index (χ2v) is 6.72. The SMILES string of the molecule is O=C(N[C@@H](Cc1ccc(O)cc1)C(=O)OCc1ccccc1)OCc1ccccc1. The van der Waals surface area contributed by atoms with E-state index in [1.54, 1.807) is 12.1 Å². The molecule has 6 heteroatoms. The summed E-state index contributed by atoms with van der Waals surface area (Å²) in [6, 6.07) is 24.0. The summed E-state index contributed by atoms with van der Waals surface area (Å²) in [5.41, 5.74) is 2.45. The number of amides is 1. The molecule has 0 fully saturated rings. The van der Waals surface area contributed by atoms with Crippen LogP contribution in [-0.2, 0) is 33.9 Å². The summed E-state index contributed by atoms with van der Waals surface area (Å²) in [6.45, 7) is 0.199. The monoisotopic (exact) mass is 405 g/mol. The molecule has 0 saturated heterocycles. The summed E-state index contributed by atoms with van der Waals surface area (Å²) >= 11 is 0. The van der Waals surface area contributed by atoms with Crippen LogP contribution in [0.2, 0.25) is 0 Å².